The summed E-state index contributed by atoms with van der Waals surface area (Å²) >= 11 is 0. The Bertz CT molecular complexity index is 1330. The van der Waals surface area contributed by atoms with Crippen LogP contribution in [0.5, 0.6) is 11.5 Å². The van der Waals surface area contributed by atoms with Crippen LogP contribution in [0.2, 0.25) is 0 Å². The Hall–Kier alpha value is -3.96. The number of nitro groups is 1. The second kappa shape index (κ2) is 12.1. The van der Waals surface area contributed by atoms with E-state index in [4.69, 9.17) is 9.47 Å². The molecule has 0 unspecified atom stereocenters. The molecule has 0 aliphatic carbocycles. The van der Waals surface area contributed by atoms with E-state index < -0.39 is 14.9 Å². The zero-order valence-electron chi connectivity index (χ0n) is 20.2. The minimum atomic E-state index is -3.97. The number of sulfonamides is 1. The molecule has 0 heterocycles. The molecule has 0 amide bonds. The molecule has 3 aromatic rings. The molecule has 0 saturated heterocycles. The van der Waals surface area contributed by atoms with Crippen molar-refractivity contribution >= 4 is 27.6 Å². The number of non-ortho nitro benzene ring substituents is 1. The van der Waals surface area contributed by atoms with Crippen molar-refractivity contribution in [1.82, 2.24) is 4.31 Å². The van der Waals surface area contributed by atoms with E-state index in [2.05, 4.69) is 10.5 Å². The first-order chi connectivity index (χ1) is 17.3. The van der Waals surface area contributed by atoms with Gasteiger partial charge < -0.3 is 9.47 Å². The lowest BCUT2D eigenvalue weighted by Crippen LogP contribution is -2.31. The molecule has 0 saturated carbocycles. The van der Waals surface area contributed by atoms with Crippen LogP contribution in [0.3, 0.4) is 0 Å². The van der Waals surface area contributed by atoms with Crippen LogP contribution in [0.25, 0.3) is 0 Å². The van der Waals surface area contributed by atoms with Gasteiger partial charge in [0, 0.05) is 25.2 Å². The molecule has 0 atom stereocenters. The quantitative estimate of drug-likeness (QED) is 0.213. The number of methoxy groups -OCH3 is 1. The number of nitro benzene ring substituents is 1. The lowest BCUT2D eigenvalue weighted by molar-refractivity contribution is -0.385. The van der Waals surface area contributed by atoms with Gasteiger partial charge in [0.25, 0.3) is 5.69 Å². The van der Waals surface area contributed by atoms with Gasteiger partial charge in [-0.25, -0.2) is 8.42 Å². The standard InChI is InChI=1S/C25H28N4O6S/c1-4-28(5-2)36(32,33)25-16-21(29(30)31)12-13-22(25)27-26-17-20-11-14-23(24(15-20)34-3)35-18-19-9-7-6-8-10-19/h6-17,27H,4-5,18H2,1-3H3/b26-17+. The zero-order chi connectivity index (χ0) is 26.1. The minimum Gasteiger partial charge on any atom is -0.493 e. The van der Waals surface area contributed by atoms with E-state index in [-0.39, 0.29) is 29.4 Å². The summed E-state index contributed by atoms with van der Waals surface area (Å²) in [4.78, 5) is 10.4. The molecule has 0 fully saturated rings. The Morgan fingerprint density at radius 1 is 1.03 bits per heavy atom. The van der Waals surface area contributed by atoms with Crippen LogP contribution in [-0.2, 0) is 16.6 Å². The Labute approximate surface area is 210 Å². The molecule has 1 N–H and O–H groups in total. The zero-order valence-corrected chi connectivity index (χ0v) is 21.1. The minimum absolute atomic E-state index is 0.124. The molecule has 0 bridgehead atoms. The van der Waals surface area contributed by atoms with Crippen molar-refractivity contribution in [3.8, 4) is 11.5 Å². The van der Waals surface area contributed by atoms with Crippen LogP contribution in [0.15, 0.2) is 76.7 Å². The highest BCUT2D eigenvalue weighted by atomic mass is 32.2. The lowest BCUT2D eigenvalue weighted by Gasteiger charge is -2.20. The van der Waals surface area contributed by atoms with Gasteiger partial charge >= 0.3 is 0 Å². The van der Waals surface area contributed by atoms with Crippen LogP contribution in [0, 0.1) is 10.1 Å². The van der Waals surface area contributed by atoms with Gasteiger partial charge in [0.05, 0.1) is 23.9 Å². The third-order valence-electron chi connectivity index (χ3n) is 5.32. The average Bonchev–Trinajstić information content (AvgIpc) is 2.88. The van der Waals surface area contributed by atoms with Gasteiger partial charge in [0.1, 0.15) is 11.5 Å². The number of benzene rings is 3. The summed E-state index contributed by atoms with van der Waals surface area (Å²) in [6.45, 7) is 4.23. The summed E-state index contributed by atoms with van der Waals surface area (Å²) in [6.07, 6.45) is 1.48. The van der Waals surface area contributed by atoms with Gasteiger partial charge in [-0.15, -0.1) is 0 Å². The molecule has 0 spiro atoms. The third-order valence-corrected chi connectivity index (χ3v) is 7.41. The topological polar surface area (TPSA) is 123 Å². The number of anilines is 1. The summed E-state index contributed by atoms with van der Waals surface area (Å²) in [5.41, 5.74) is 4.19. The fourth-order valence-corrected chi connectivity index (χ4v) is 5.05. The number of hydrogen-bond donors (Lipinski definition) is 1. The highest BCUT2D eigenvalue weighted by Crippen LogP contribution is 2.30. The molecule has 0 aromatic heterocycles. The van der Waals surface area contributed by atoms with Gasteiger partial charge in [-0.1, -0.05) is 44.2 Å². The molecule has 36 heavy (non-hydrogen) atoms. The predicted octanol–water partition coefficient (Wildman–Crippen LogP) is 4.66. The van der Waals surface area contributed by atoms with Gasteiger partial charge in [-0.3, -0.25) is 15.5 Å². The van der Waals surface area contributed by atoms with Crippen LogP contribution >= 0.6 is 0 Å². The SMILES string of the molecule is CCN(CC)S(=O)(=O)c1cc([N+](=O)[O-])ccc1N/N=C/c1ccc(OCc2ccccc2)c(OC)c1. The Morgan fingerprint density at radius 2 is 1.75 bits per heavy atom. The van der Waals surface area contributed by atoms with Crippen LogP contribution in [-0.4, -0.2) is 44.1 Å². The molecule has 0 radical (unpaired) electrons. The van der Waals surface area contributed by atoms with Crippen molar-refractivity contribution in [3.63, 3.8) is 0 Å². The maximum atomic E-state index is 13.1. The molecule has 0 aliphatic heterocycles. The molecule has 190 valence electrons. The number of nitrogens with one attached hydrogen (secondary N) is 1. The molecule has 3 aromatic carbocycles. The number of hydrazone groups is 1. The van der Waals surface area contributed by atoms with E-state index >= 15 is 0 Å². The van der Waals surface area contributed by atoms with Gasteiger partial charge in [0.2, 0.25) is 10.0 Å². The first-order valence-electron chi connectivity index (χ1n) is 11.2. The monoisotopic (exact) mass is 512 g/mol. The van der Waals surface area contributed by atoms with Crippen LogP contribution in [0.1, 0.15) is 25.0 Å². The summed E-state index contributed by atoms with van der Waals surface area (Å²) in [6, 6.07) is 18.6. The van der Waals surface area contributed by atoms with E-state index in [0.717, 1.165) is 11.6 Å². The van der Waals surface area contributed by atoms with E-state index in [1.54, 1.807) is 32.0 Å². The Balaban J connectivity index is 1.81. The Kier molecular flexibility index (Phi) is 8.98. The molecular weight excluding hydrogens is 484 g/mol. The first kappa shape index (κ1) is 26.6. The van der Waals surface area contributed by atoms with Crippen LogP contribution < -0.4 is 14.9 Å². The fourth-order valence-electron chi connectivity index (χ4n) is 3.43. The molecular formula is C25H28N4O6S. The fraction of sp³-hybridized carbons (Fsp3) is 0.240. The maximum absolute atomic E-state index is 13.1. The van der Waals surface area contributed by atoms with E-state index in [0.29, 0.717) is 23.7 Å². The van der Waals surface area contributed by atoms with Crippen molar-refractivity contribution in [2.45, 2.75) is 25.3 Å². The Morgan fingerprint density at radius 3 is 2.39 bits per heavy atom. The first-order valence-corrected chi connectivity index (χ1v) is 12.7. The number of hydrogen-bond acceptors (Lipinski definition) is 8. The molecule has 3 rings (SSSR count). The van der Waals surface area contributed by atoms with Gasteiger partial charge in [-0.05, 0) is 35.4 Å². The highest BCUT2D eigenvalue weighted by Gasteiger charge is 2.27. The molecule has 0 aliphatic rings. The second-order valence-corrected chi connectivity index (χ2v) is 9.49. The van der Waals surface area contributed by atoms with Crippen molar-refractivity contribution in [1.29, 1.82) is 0 Å². The summed E-state index contributed by atoms with van der Waals surface area (Å²) in [5.74, 6) is 1.07. The molecule has 10 nitrogen and oxygen atoms in total. The second-order valence-electron chi connectivity index (χ2n) is 7.58. The predicted molar refractivity (Wildman–Crippen MR) is 138 cm³/mol. The maximum Gasteiger partial charge on any atom is 0.270 e. The largest absolute Gasteiger partial charge is 0.493 e. The lowest BCUT2D eigenvalue weighted by atomic mass is 10.2. The smallest absolute Gasteiger partial charge is 0.270 e. The van der Waals surface area contributed by atoms with Gasteiger partial charge in [0.15, 0.2) is 11.5 Å². The normalized spacial score (nSPS) is 11.6. The van der Waals surface area contributed by atoms with Crippen molar-refractivity contribution in [2.24, 2.45) is 5.10 Å². The number of nitrogens with zero attached hydrogens (tertiary/aromatic N) is 3. The number of rotatable bonds is 12. The van der Waals surface area contributed by atoms with Crippen LogP contribution in [0.4, 0.5) is 11.4 Å². The van der Waals surface area contributed by atoms with E-state index in [1.165, 1.54) is 29.8 Å². The number of ether oxygens (including phenoxy) is 2. The van der Waals surface area contributed by atoms with E-state index in [9.17, 15) is 18.5 Å². The van der Waals surface area contributed by atoms with E-state index in [1.807, 2.05) is 30.3 Å². The van der Waals surface area contributed by atoms with Crippen molar-refractivity contribution in [3.05, 3.63) is 88.0 Å². The highest BCUT2D eigenvalue weighted by molar-refractivity contribution is 7.89. The third kappa shape index (κ3) is 6.37. The van der Waals surface area contributed by atoms with Gasteiger partial charge in [-0.2, -0.15) is 9.41 Å². The summed E-state index contributed by atoms with van der Waals surface area (Å²) in [5, 5.41) is 15.4. The molecule has 11 heteroatoms. The van der Waals surface area contributed by atoms with Crippen molar-refractivity contribution < 1.29 is 22.8 Å². The average molecular weight is 513 g/mol. The summed E-state index contributed by atoms with van der Waals surface area (Å²) < 4.78 is 38.7. The van der Waals surface area contributed by atoms with Crippen molar-refractivity contribution in [2.75, 3.05) is 25.6 Å². The summed E-state index contributed by atoms with van der Waals surface area (Å²) in [7, 11) is -2.44.